The standard InChI is InChI=1S/C14H26O8/c1-20-14-13(12(19)11(18)10(6-16)22-14)21-9-4-7(5-15)2-3-8(9)17/h7-19H,2-6H2,1H3. The zero-order chi connectivity index (χ0) is 16.3. The van der Waals surface area contributed by atoms with E-state index in [1.807, 2.05) is 0 Å². The maximum atomic E-state index is 10.2. The number of aliphatic hydroxyl groups excluding tert-OH is 5. The van der Waals surface area contributed by atoms with Crippen LogP contribution in [0.4, 0.5) is 0 Å². The van der Waals surface area contributed by atoms with Gasteiger partial charge in [0.05, 0.1) is 18.8 Å². The minimum absolute atomic E-state index is 0.0131. The fourth-order valence-corrected chi connectivity index (χ4v) is 3.10. The van der Waals surface area contributed by atoms with E-state index in [1.54, 1.807) is 0 Å². The largest absolute Gasteiger partial charge is 0.396 e. The smallest absolute Gasteiger partial charge is 0.186 e. The normalized spacial score (nSPS) is 46.6. The molecule has 8 heteroatoms. The Labute approximate surface area is 129 Å². The topological polar surface area (TPSA) is 129 Å². The first-order valence-electron chi connectivity index (χ1n) is 7.61. The lowest BCUT2D eigenvalue weighted by Gasteiger charge is -2.44. The Bertz CT molecular complexity index is 339. The number of methoxy groups -OCH3 is 1. The molecule has 22 heavy (non-hydrogen) atoms. The molecule has 1 saturated carbocycles. The third kappa shape index (κ3) is 3.77. The fraction of sp³-hybridized carbons (Fsp3) is 1.00. The summed E-state index contributed by atoms with van der Waals surface area (Å²) in [5.41, 5.74) is 0. The summed E-state index contributed by atoms with van der Waals surface area (Å²) in [6.07, 6.45) is -5.14. The molecule has 0 aromatic heterocycles. The van der Waals surface area contributed by atoms with Crippen molar-refractivity contribution in [1.82, 2.24) is 0 Å². The van der Waals surface area contributed by atoms with E-state index in [2.05, 4.69) is 0 Å². The van der Waals surface area contributed by atoms with Crippen molar-refractivity contribution in [3.8, 4) is 0 Å². The fourth-order valence-electron chi connectivity index (χ4n) is 3.10. The summed E-state index contributed by atoms with van der Waals surface area (Å²) in [7, 11) is 1.37. The summed E-state index contributed by atoms with van der Waals surface area (Å²) in [5.74, 6) is 0.0335. The van der Waals surface area contributed by atoms with Gasteiger partial charge >= 0.3 is 0 Å². The zero-order valence-corrected chi connectivity index (χ0v) is 12.6. The van der Waals surface area contributed by atoms with Crippen LogP contribution in [0.5, 0.6) is 0 Å². The van der Waals surface area contributed by atoms with E-state index in [0.717, 1.165) is 0 Å². The Kier molecular flexibility index (Phi) is 6.54. The maximum Gasteiger partial charge on any atom is 0.186 e. The van der Waals surface area contributed by atoms with E-state index >= 15 is 0 Å². The first kappa shape index (κ1) is 18.0. The molecule has 2 fully saturated rings. The monoisotopic (exact) mass is 322 g/mol. The molecule has 2 rings (SSSR count). The molecule has 0 aromatic rings. The molecular formula is C14H26O8. The van der Waals surface area contributed by atoms with Gasteiger partial charge in [0.2, 0.25) is 0 Å². The predicted molar refractivity (Wildman–Crippen MR) is 73.9 cm³/mol. The molecule has 8 unspecified atom stereocenters. The summed E-state index contributed by atoms with van der Waals surface area (Å²) in [5, 5.41) is 48.6. The predicted octanol–water partition coefficient (Wildman–Crippen LogP) is -2.02. The van der Waals surface area contributed by atoms with E-state index in [1.165, 1.54) is 7.11 Å². The molecule has 130 valence electrons. The minimum atomic E-state index is -1.31. The van der Waals surface area contributed by atoms with Gasteiger partial charge in [-0.05, 0) is 25.2 Å². The highest BCUT2D eigenvalue weighted by molar-refractivity contribution is 4.92. The third-order valence-corrected chi connectivity index (χ3v) is 4.51. The molecule has 0 aromatic carbocycles. The van der Waals surface area contributed by atoms with Crippen LogP contribution >= 0.6 is 0 Å². The number of ether oxygens (including phenoxy) is 3. The van der Waals surface area contributed by atoms with Gasteiger partial charge in [-0.15, -0.1) is 0 Å². The molecule has 1 saturated heterocycles. The lowest BCUT2D eigenvalue weighted by atomic mass is 9.85. The molecule has 2 aliphatic rings. The lowest BCUT2D eigenvalue weighted by molar-refractivity contribution is -0.316. The van der Waals surface area contributed by atoms with Gasteiger partial charge in [-0.25, -0.2) is 0 Å². The highest BCUT2D eigenvalue weighted by Gasteiger charge is 2.47. The van der Waals surface area contributed by atoms with Gasteiger partial charge < -0.3 is 39.7 Å². The van der Waals surface area contributed by atoms with E-state index in [-0.39, 0.29) is 12.5 Å². The highest BCUT2D eigenvalue weighted by Crippen LogP contribution is 2.31. The van der Waals surface area contributed by atoms with Gasteiger partial charge in [-0.2, -0.15) is 0 Å². The average molecular weight is 322 g/mol. The van der Waals surface area contributed by atoms with Gasteiger partial charge in [-0.1, -0.05) is 0 Å². The highest BCUT2D eigenvalue weighted by atomic mass is 16.7. The molecule has 1 heterocycles. The second-order valence-electron chi connectivity index (χ2n) is 6.01. The van der Waals surface area contributed by atoms with Crippen LogP contribution in [0.15, 0.2) is 0 Å². The van der Waals surface area contributed by atoms with Crippen molar-refractivity contribution in [2.45, 2.75) is 62.2 Å². The van der Waals surface area contributed by atoms with Crippen molar-refractivity contribution in [2.75, 3.05) is 20.3 Å². The molecule has 0 amide bonds. The first-order valence-corrected chi connectivity index (χ1v) is 7.61. The molecule has 8 atom stereocenters. The Hall–Kier alpha value is -0.320. The Balaban J connectivity index is 2.05. The molecule has 0 bridgehead atoms. The van der Waals surface area contributed by atoms with Gasteiger partial charge in [0.25, 0.3) is 0 Å². The summed E-state index contributed by atoms with van der Waals surface area (Å²) in [6.45, 7) is -0.442. The molecule has 1 aliphatic carbocycles. The number of rotatable bonds is 5. The summed E-state index contributed by atoms with van der Waals surface area (Å²) >= 11 is 0. The van der Waals surface area contributed by atoms with Crippen molar-refractivity contribution >= 4 is 0 Å². The van der Waals surface area contributed by atoms with Crippen LogP contribution in [-0.4, -0.2) is 88.8 Å². The SMILES string of the molecule is COC1OC(CO)C(O)C(O)C1OC1CC(CO)CCC1O. The van der Waals surface area contributed by atoms with Gasteiger partial charge in [0, 0.05) is 13.7 Å². The maximum absolute atomic E-state index is 10.2. The quantitative estimate of drug-likeness (QED) is 0.392. The number of aliphatic hydroxyl groups is 5. The van der Waals surface area contributed by atoms with Crippen LogP contribution in [-0.2, 0) is 14.2 Å². The number of hydrogen-bond donors (Lipinski definition) is 5. The minimum Gasteiger partial charge on any atom is -0.396 e. The van der Waals surface area contributed by atoms with E-state index in [4.69, 9.17) is 19.3 Å². The number of hydrogen-bond acceptors (Lipinski definition) is 8. The van der Waals surface area contributed by atoms with E-state index in [0.29, 0.717) is 19.3 Å². The van der Waals surface area contributed by atoms with Gasteiger partial charge in [0.15, 0.2) is 6.29 Å². The molecule has 1 aliphatic heterocycles. The third-order valence-electron chi connectivity index (χ3n) is 4.51. The zero-order valence-electron chi connectivity index (χ0n) is 12.6. The molecule has 8 nitrogen and oxygen atoms in total. The van der Waals surface area contributed by atoms with Crippen molar-refractivity contribution < 1.29 is 39.7 Å². The van der Waals surface area contributed by atoms with Crippen LogP contribution < -0.4 is 0 Å². The van der Waals surface area contributed by atoms with Crippen LogP contribution in [0.1, 0.15) is 19.3 Å². The van der Waals surface area contributed by atoms with Gasteiger partial charge in [0.1, 0.15) is 24.4 Å². The Morgan fingerprint density at radius 3 is 2.36 bits per heavy atom. The van der Waals surface area contributed by atoms with E-state index < -0.39 is 49.5 Å². The summed E-state index contributed by atoms with van der Waals surface area (Å²) in [6, 6.07) is 0. The van der Waals surface area contributed by atoms with Crippen LogP contribution in [0.2, 0.25) is 0 Å². The molecule has 0 radical (unpaired) electrons. The summed E-state index contributed by atoms with van der Waals surface area (Å²) < 4.78 is 16.2. The molecular weight excluding hydrogens is 296 g/mol. The first-order chi connectivity index (χ1) is 10.5. The van der Waals surface area contributed by atoms with Crippen LogP contribution in [0.3, 0.4) is 0 Å². The molecule has 5 N–H and O–H groups in total. The van der Waals surface area contributed by atoms with Gasteiger partial charge in [-0.3, -0.25) is 0 Å². The second-order valence-corrected chi connectivity index (χ2v) is 6.01. The summed E-state index contributed by atoms with van der Waals surface area (Å²) in [4.78, 5) is 0. The molecule has 0 spiro atoms. The Morgan fingerprint density at radius 1 is 1.05 bits per heavy atom. The second kappa shape index (κ2) is 7.98. The van der Waals surface area contributed by atoms with Crippen molar-refractivity contribution in [1.29, 1.82) is 0 Å². The van der Waals surface area contributed by atoms with Crippen LogP contribution in [0, 0.1) is 5.92 Å². The van der Waals surface area contributed by atoms with Crippen molar-refractivity contribution in [3.63, 3.8) is 0 Å². The lowest BCUT2D eigenvalue weighted by Crippen LogP contribution is -2.61. The average Bonchev–Trinajstić information content (AvgIpc) is 2.54. The van der Waals surface area contributed by atoms with Crippen molar-refractivity contribution in [3.05, 3.63) is 0 Å². The van der Waals surface area contributed by atoms with Crippen LogP contribution in [0.25, 0.3) is 0 Å². The van der Waals surface area contributed by atoms with Crippen molar-refractivity contribution in [2.24, 2.45) is 5.92 Å². The van der Waals surface area contributed by atoms with E-state index in [9.17, 15) is 20.4 Å². The Morgan fingerprint density at radius 2 is 1.77 bits per heavy atom.